The molecule has 1 aliphatic rings. The zero-order chi connectivity index (χ0) is 25.9. The van der Waals surface area contributed by atoms with E-state index in [4.69, 9.17) is 18.9 Å². The van der Waals surface area contributed by atoms with Crippen LogP contribution in [0.5, 0.6) is 11.5 Å². The molecule has 0 amide bonds. The van der Waals surface area contributed by atoms with Crippen LogP contribution in [0.25, 0.3) is 0 Å². The van der Waals surface area contributed by atoms with Gasteiger partial charge in [0.05, 0.1) is 25.3 Å². The second-order valence-electron chi connectivity index (χ2n) is 7.99. The molecule has 2 aromatic rings. The highest BCUT2D eigenvalue weighted by Crippen LogP contribution is 2.26. The first-order valence-corrected chi connectivity index (χ1v) is 11.4. The van der Waals surface area contributed by atoms with Crippen molar-refractivity contribution in [2.45, 2.75) is 37.9 Å². The third-order valence-electron chi connectivity index (χ3n) is 5.52. The van der Waals surface area contributed by atoms with E-state index in [0.29, 0.717) is 48.3 Å². The molecule has 0 heterocycles. The quantitative estimate of drug-likeness (QED) is 0.355. The molecule has 0 bridgehead atoms. The Morgan fingerprint density at radius 3 is 1.25 bits per heavy atom. The number of carbonyl (C=O) groups is 4. The first kappa shape index (κ1) is 26.5. The van der Waals surface area contributed by atoms with Crippen LogP contribution in [0.15, 0.2) is 48.5 Å². The van der Waals surface area contributed by atoms with Gasteiger partial charge >= 0.3 is 23.9 Å². The summed E-state index contributed by atoms with van der Waals surface area (Å²) >= 11 is 0. The highest BCUT2D eigenvalue weighted by molar-refractivity contribution is 5.90. The Kier molecular flexibility index (Phi) is 9.67. The minimum Gasteiger partial charge on any atom is -0.482 e. The smallest absolute Gasteiger partial charge is 0.343 e. The molecule has 1 saturated carbocycles. The SMILES string of the molecule is COC(=O)COc1ccc(C(=O)OC2CCC(OC(=O)c3ccc(OCC(=O)OC)cc3)CC2)cc1. The van der Waals surface area contributed by atoms with E-state index in [1.54, 1.807) is 48.5 Å². The minimum atomic E-state index is -0.500. The van der Waals surface area contributed by atoms with Gasteiger partial charge in [0, 0.05) is 0 Å². The van der Waals surface area contributed by atoms with Crippen molar-refractivity contribution in [3.05, 3.63) is 59.7 Å². The summed E-state index contributed by atoms with van der Waals surface area (Å²) in [5, 5.41) is 0. The number of esters is 4. The van der Waals surface area contributed by atoms with Crippen molar-refractivity contribution >= 4 is 23.9 Å². The number of methoxy groups -OCH3 is 2. The van der Waals surface area contributed by atoms with E-state index < -0.39 is 23.9 Å². The van der Waals surface area contributed by atoms with Gasteiger partial charge in [-0.05, 0) is 74.2 Å². The topological polar surface area (TPSA) is 124 Å². The Morgan fingerprint density at radius 1 is 0.611 bits per heavy atom. The van der Waals surface area contributed by atoms with E-state index in [1.165, 1.54) is 14.2 Å². The molecule has 0 spiro atoms. The van der Waals surface area contributed by atoms with Crippen molar-refractivity contribution in [2.24, 2.45) is 0 Å². The van der Waals surface area contributed by atoms with Crippen LogP contribution >= 0.6 is 0 Å². The van der Waals surface area contributed by atoms with Gasteiger partial charge in [0.15, 0.2) is 13.2 Å². The van der Waals surface area contributed by atoms with Gasteiger partial charge in [-0.15, -0.1) is 0 Å². The molecular weight excluding hydrogens is 472 g/mol. The molecule has 0 radical (unpaired) electrons. The van der Waals surface area contributed by atoms with Crippen molar-refractivity contribution in [3.8, 4) is 11.5 Å². The molecule has 3 rings (SSSR count). The van der Waals surface area contributed by atoms with Crippen LogP contribution in [0.2, 0.25) is 0 Å². The van der Waals surface area contributed by atoms with Crippen molar-refractivity contribution in [2.75, 3.05) is 27.4 Å². The zero-order valence-electron chi connectivity index (χ0n) is 20.1. The van der Waals surface area contributed by atoms with E-state index >= 15 is 0 Å². The predicted molar refractivity (Wildman–Crippen MR) is 125 cm³/mol. The van der Waals surface area contributed by atoms with E-state index in [9.17, 15) is 19.2 Å². The molecule has 0 aromatic heterocycles. The molecule has 192 valence electrons. The fourth-order valence-electron chi connectivity index (χ4n) is 3.48. The highest BCUT2D eigenvalue weighted by Gasteiger charge is 2.27. The second kappa shape index (κ2) is 13.1. The number of hydrogen-bond donors (Lipinski definition) is 0. The lowest BCUT2D eigenvalue weighted by Crippen LogP contribution is -2.29. The van der Waals surface area contributed by atoms with E-state index in [2.05, 4.69) is 9.47 Å². The van der Waals surface area contributed by atoms with Gasteiger partial charge in [-0.3, -0.25) is 0 Å². The summed E-state index contributed by atoms with van der Waals surface area (Å²) in [4.78, 5) is 47.2. The lowest BCUT2D eigenvalue weighted by molar-refractivity contribution is -0.143. The maximum absolute atomic E-state index is 12.5. The number of hydrogen-bond acceptors (Lipinski definition) is 10. The number of carbonyl (C=O) groups excluding carboxylic acids is 4. The molecule has 10 heteroatoms. The zero-order valence-corrected chi connectivity index (χ0v) is 20.1. The van der Waals surface area contributed by atoms with Crippen LogP contribution < -0.4 is 9.47 Å². The summed E-state index contributed by atoms with van der Waals surface area (Å²) in [6.07, 6.45) is 1.76. The summed E-state index contributed by atoms with van der Waals surface area (Å²) in [6, 6.07) is 12.6. The van der Waals surface area contributed by atoms with Crippen LogP contribution in [-0.4, -0.2) is 63.5 Å². The Balaban J connectivity index is 1.40. The number of rotatable bonds is 10. The van der Waals surface area contributed by atoms with Crippen molar-refractivity contribution in [3.63, 3.8) is 0 Å². The summed E-state index contributed by atoms with van der Waals surface area (Å²) < 4.78 is 30.7. The molecule has 1 fully saturated rings. The number of benzene rings is 2. The molecule has 36 heavy (non-hydrogen) atoms. The summed E-state index contributed by atoms with van der Waals surface area (Å²) in [6.45, 7) is -0.435. The molecule has 10 nitrogen and oxygen atoms in total. The largest absolute Gasteiger partial charge is 0.482 e. The average Bonchev–Trinajstić information content (AvgIpc) is 2.91. The van der Waals surface area contributed by atoms with Gasteiger partial charge in [-0.25, -0.2) is 19.2 Å². The molecule has 1 aliphatic carbocycles. The predicted octanol–water partition coefficient (Wildman–Crippen LogP) is 3.12. The number of ether oxygens (including phenoxy) is 6. The molecule has 2 aromatic carbocycles. The van der Waals surface area contributed by atoms with E-state index in [1.807, 2.05) is 0 Å². The van der Waals surface area contributed by atoms with Gasteiger partial charge in [0.1, 0.15) is 23.7 Å². The van der Waals surface area contributed by atoms with Crippen molar-refractivity contribution < 1.29 is 47.6 Å². The molecule has 0 atom stereocenters. The van der Waals surface area contributed by atoms with Crippen LogP contribution in [0, 0.1) is 0 Å². The lowest BCUT2D eigenvalue weighted by atomic mass is 9.95. The van der Waals surface area contributed by atoms with E-state index in [-0.39, 0.29) is 25.4 Å². The second-order valence-corrected chi connectivity index (χ2v) is 7.99. The monoisotopic (exact) mass is 500 g/mol. The van der Waals surface area contributed by atoms with Gasteiger partial charge in [0.25, 0.3) is 0 Å². The van der Waals surface area contributed by atoms with Gasteiger partial charge in [-0.1, -0.05) is 0 Å². The third-order valence-corrected chi connectivity index (χ3v) is 5.52. The summed E-state index contributed by atoms with van der Waals surface area (Å²) in [7, 11) is 2.54. The maximum Gasteiger partial charge on any atom is 0.343 e. The first-order chi connectivity index (χ1) is 17.4. The van der Waals surface area contributed by atoms with Crippen LogP contribution in [0.3, 0.4) is 0 Å². The van der Waals surface area contributed by atoms with Gasteiger partial charge < -0.3 is 28.4 Å². The Hall–Kier alpha value is -4.08. The molecule has 0 N–H and O–H groups in total. The first-order valence-electron chi connectivity index (χ1n) is 11.4. The Labute approximate surface area is 208 Å². The minimum absolute atomic E-state index is 0.217. The van der Waals surface area contributed by atoms with Gasteiger partial charge in [0.2, 0.25) is 0 Å². The standard InChI is InChI=1S/C26H28O10/c1-31-23(27)15-33-19-7-3-17(4-8-19)25(29)35-21-11-13-22(14-12-21)36-26(30)18-5-9-20(10-6-18)34-16-24(28)32-2/h3-10,21-22H,11-16H2,1-2H3. The van der Waals surface area contributed by atoms with Crippen molar-refractivity contribution in [1.29, 1.82) is 0 Å². The van der Waals surface area contributed by atoms with Gasteiger partial charge in [-0.2, -0.15) is 0 Å². The summed E-state index contributed by atoms with van der Waals surface area (Å²) in [5.74, 6) is -1.04. The molecule has 0 aliphatic heterocycles. The molecule has 0 saturated heterocycles. The average molecular weight is 501 g/mol. The maximum atomic E-state index is 12.5. The highest BCUT2D eigenvalue weighted by atomic mass is 16.6. The van der Waals surface area contributed by atoms with Crippen LogP contribution in [-0.2, 0) is 28.5 Å². The third kappa shape index (κ3) is 8.00. The molecular formula is C26H28O10. The van der Waals surface area contributed by atoms with Crippen LogP contribution in [0.1, 0.15) is 46.4 Å². The fraction of sp³-hybridized carbons (Fsp3) is 0.385. The lowest BCUT2D eigenvalue weighted by Gasteiger charge is -2.28. The molecule has 0 unspecified atom stereocenters. The Morgan fingerprint density at radius 2 is 0.944 bits per heavy atom. The summed E-state index contributed by atoms with van der Waals surface area (Å²) in [5.41, 5.74) is 0.737. The van der Waals surface area contributed by atoms with E-state index in [0.717, 1.165) is 0 Å². The van der Waals surface area contributed by atoms with Crippen molar-refractivity contribution in [1.82, 2.24) is 0 Å². The van der Waals surface area contributed by atoms with Crippen LogP contribution in [0.4, 0.5) is 0 Å². The fourth-order valence-corrected chi connectivity index (χ4v) is 3.48. The normalized spacial score (nSPS) is 16.8. The Bertz CT molecular complexity index is 952.